The molecule has 124 valence electrons. The second kappa shape index (κ2) is 6.62. The number of ether oxygens (including phenoxy) is 1. The monoisotopic (exact) mass is 325 g/mol. The van der Waals surface area contributed by atoms with Crippen LogP contribution in [0.2, 0.25) is 0 Å². The minimum Gasteiger partial charge on any atom is -0.491 e. The molecule has 2 aromatic rings. The van der Waals surface area contributed by atoms with Gasteiger partial charge in [-0.2, -0.15) is 0 Å². The van der Waals surface area contributed by atoms with Gasteiger partial charge in [-0.1, -0.05) is 23.8 Å². The Hall–Kier alpha value is -3.02. The number of carbonyl (C=O) groups excluding carboxylic acids is 2. The standard InChI is InChI=1S/C18H19N3O3/c1-11-6-7-16-14(8-11)15(10-24-16)21-18(23)20-13-5-3-4-12(9-13)17(22)19-2/h3-9,15H,10H2,1-2H3,(H,19,22)(H2,20,21,23). The summed E-state index contributed by atoms with van der Waals surface area (Å²) in [6.07, 6.45) is 0. The minimum atomic E-state index is -0.341. The van der Waals surface area contributed by atoms with E-state index in [4.69, 9.17) is 4.74 Å². The molecule has 0 bridgehead atoms. The van der Waals surface area contributed by atoms with Crippen molar-refractivity contribution in [3.05, 3.63) is 59.2 Å². The van der Waals surface area contributed by atoms with E-state index >= 15 is 0 Å². The van der Waals surface area contributed by atoms with E-state index in [0.29, 0.717) is 17.9 Å². The Morgan fingerprint density at radius 2 is 2.00 bits per heavy atom. The maximum absolute atomic E-state index is 12.2. The van der Waals surface area contributed by atoms with Gasteiger partial charge in [0.15, 0.2) is 0 Å². The molecule has 0 aliphatic carbocycles. The number of fused-ring (bicyclic) bond motifs is 1. The molecule has 0 saturated heterocycles. The van der Waals surface area contributed by atoms with Crippen LogP contribution in [-0.2, 0) is 0 Å². The van der Waals surface area contributed by atoms with Gasteiger partial charge in [0.2, 0.25) is 0 Å². The smallest absolute Gasteiger partial charge is 0.319 e. The number of hydrogen-bond donors (Lipinski definition) is 3. The van der Waals surface area contributed by atoms with Crippen molar-refractivity contribution in [2.75, 3.05) is 19.0 Å². The molecule has 2 aromatic carbocycles. The van der Waals surface area contributed by atoms with E-state index in [0.717, 1.165) is 16.9 Å². The number of anilines is 1. The van der Waals surface area contributed by atoms with Crippen LogP contribution >= 0.6 is 0 Å². The number of aryl methyl sites for hydroxylation is 1. The Labute approximate surface area is 140 Å². The van der Waals surface area contributed by atoms with Crippen LogP contribution < -0.4 is 20.7 Å². The number of hydrogen-bond acceptors (Lipinski definition) is 3. The van der Waals surface area contributed by atoms with Crippen molar-refractivity contribution in [3.8, 4) is 5.75 Å². The van der Waals surface area contributed by atoms with E-state index in [1.54, 1.807) is 31.3 Å². The first-order valence-electron chi connectivity index (χ1n) is 7.70. The van der Waals surface area contributed by atoms with Crippen molar-refractivity contribution in [2.24, 2.45) is 0 Å². The highest BCUT2D eigenvalue weighted by Crippen LogP contribution is 2.32. The summed E-state index contributed by atoms with van der Waals surface area (Å²) in [4.78, 5) is 23.9. The van der Waals surface area contributed by atoms with E-state index in [1.165, 1.54) is 0 Å². The molecular formula is C18H19N3O3. The Bertz CT molecular complexity index is 789. The normalized spacial score (nSPS) is 15.2. The first-order chi connectivity index (χ1) is 11.6. The molecule has 0 saturated carbocycles. The molecule has 1 aliphatic rings. The number of rotatable bonds is 3. The summed E-state index contributed by atoms with van der Waals surface area (Å²) in [5, 5.41) is 8.20. The summed E-state index contributed by atoms with van der Waals surface area (Å²) in [7, 11) is 1.56. The molecule has 0 spiro atoms. The molecule has 0 aromatic heterocycles. The summed E-state index contributed by atoms with van der Waals surface area (Å²) in [6, 6.07) is 12.1. The summed E-state index contributed by atoms with van der Waals surface area (Å²) in [5.74, 6) is 0.597. The van der Waals surface area contributed by atoms with Crippen molar-refractivity contribution >= 4 is 17.6 Å². The van der Waals surface area contributed by atoms with Crippen LogP contribution in [-0.4, -0.2) is 25.6 Å². The van der Waals surface area contributed by atoms with Crippen molar-refractivity contribution in [1.82, 2.24) is 10.6 Å². The highest BCUT2D eigenvalue weighted by molar-refractivity contribution is 5.96. The molecule has 3 rings (SSSR count). The number of urea groups is 1. The summed E-state index contributed by atoms with van der Waals surface area (Å²) in [5.41, 5.74) is 3.13. The molecule has 1 heterocycles. The molecule has 1 aliphatic heterocycles. The third kappa shape index (κ3) is 3.32. The fourth-order valence-electron chi connectivity index (χ4n) is 2.66. The molecular weight excluding hydrogens is 306 g/mol. The van der Waals surface area contributed by atoms with E-state index in [9.17, 15) is 9.59 Å². The van der Waals surface area contributed by atoms with Crippen LogP contribution in [0, 0.1) is 6.92 Å². The van der Waals surface area contributed by atoms with Crippen LogP contribution in [0.15, 0.2) is 42.5 Å². The quantitative estimate of drug-likeness (QED) is 0.811. The number of amides is 3. The predicted octanol–water partition coefficient (Wildman–Crippen LogP) is 2.61. The van der Waals surface area contributed by atoms with E-state index in [1.807, 2.05) is 25.1 Å². The van der Waals surface area contributed by atoms with E-state index < -0.39 is 0 Å². The topological polar surface area (TPSA) is 79.5 Å². The average Bonchev–Trinajstić information content (AvgIpc) is 2.96. The second-order valence-electron chi connectivity index (χ2n) is 5.66. The van der Waals surface area contributed by atoms with Gasteiger partial charge in [0.1, 0.15) is 12.4 Å². The van der Waals surface area contributed by atoms with Gasteiger partial charge in [-0.25, -0.2) is 4.79 Å². The van der Waals surface area contributed by atoms with Gasteiger partial charge < -0.3 is 20.7 Å². The van der Waals surface area contributed by atoms with Crippen molar-refractivity contribution in [2.45, 2.75) is 13.0 Å². The molecule has 3 amide bonds. The molecule has 0 fully saturated rings. The van der Waals surface area contributed by atoms with Gasteiger partial charge >= 0.3 is 6.03 Å². The largest absolute Gasteiger partial charge is 0.491 e. The number of benzene rings is 2. The SMILES string of the molecule is CNC(=O)c1cccc(NC(=O)NC2COc3ccc(C)cc32)c1. The van der Waals surface area contributed by atoms with Gasteiger partial charge in [-0.15, -0.1) is 0 Å². The number of carbonyl (C=O) groups is 2. The fourth-order valence-corrected chi connectivity index (χ4v) is 2.66. The minimum absolute atomic E-state index is 0.193. The number of nitrogens with one attached hydrogen (secondary N) is 3. The van der Waals surface area contributed by atoms with Crippen LogP contribution in [0.25, 0.3) is 0 Å². The zero-order valence-electron chi connectivity index (χ0n) is 13.6. The molecule has 1 unspecified atom stereocenters. The van der Waals surface area contributed by atoms with Gasteiger partial charge in [0.05, 0.1) is 6.04 Å². The van der Waals surface area contributed by atoms with Gasteiger partial charge in [0.25, 0.3) is 5.91 Å². The first kappa shape index (κ1) is 15.9. The van der Waals surface area contributed by atoms with Crippen LogP contribution in [0.4, 0.5) is 10.5 Å². The molecule has 24 heavy (non-hydrogen) atoms. The van der Waals surface area contributed by atoms with Crippen molar-refractivity contribution < 1.29 is 14.3 Å². The fraction of sp³-hybridized carbons (Fsp3) is 0.222. The van der Waals surface area contributed by atoms with E-state index in [2.05, 4.69) is 16.0 Å². The average molecular weight is 325 g/mol. The lowest BCUT2D eigenvalue weighted by molar-refractivity contribution is 0.0963. The first-order valence-corrected chi connectivity index (χ1v) is 7.70. The van der Waals surface area contributed by atoms with Crippen molar-refractivity contribution in [3.63, 3.8) is 0 Å². The Morgan fingerprint density at radius 1 is 1.17 bits per heavy atom. The van der Waals surface area contributed by atoms with Gasteiger partial charge in [-0.3, -0.25) is 4.79 Å². The Morgan fingerprint density at radius 3 is 2.79 bits per heavy atom. The maximum Gasteiger partial charge on any atom is 0.319 e. The molecule has 0 radical (unpaired) electrons. The van der Waals surface area contributed by atoms with Crippen molar-refractivity contribution in [1.29, 1.82) is 0 Å². The highest BCUT2D eigenvalue weighted by Gasteiger charge is 2.25. The third-order valence-corrected chi connectivity index (χ3v) is 3.86. The van der Waals surface area contributed by atoms with Crippen LogP contribution in [0.1, 0.15) is 27.5 Å². The molecule has 6 heteroatoms. The molecule has 1 atom stereocenters. The highest BCUT2D eigenvalue weighted by atomic mass is 16.5. The van der Waals surface area contributed by atoms with Crippen LogP contribution in [0.5, 0.6) is 5.75 Å². The molecule has 3 N–H and O–H groups in total. The van der Waals surface area contributed by atoms with Crippen LogP contribution in [0.3, 0.4) is 0 Å². The lowest BCUT2D eigenvalue weighted by Crippen LogP contribution is -2.33. The maximum atomic E-state index is 12.2. The lowest BCUT2D eigenvalue weighted by atomic mass is 10.1. The second-order valence-corrected chi connectivity index (χ2v) is 5.66. The van der Waals surface area contributed by atoms with Gasteiger partial charge in [-0.05, 0) is 31.2 Å². The summed E-state index contributed by atoms with van der Waals surface area (Å²) < 4.78 is 5.59. The Balaban J connectivity index is 1.67. The summed E-state index contributed by atoms with van der Waals surface area (Å²) >= 11 is 0. The lowest BCUT2D eigenvalue weighted by Gasteiger charge is -2.13. The third-order valence-electron chi connectivity index (χ3n) is 3.86. The molecule has 6 nitrogen and oxygen atoms in total. The Kier molecular flexibility index (Phi) is 4.37. The van der Waals surface area contributed by atoms with Gasteiger partial charge in [0, 0.05) is 23.9 Å². The van der Waals surface area contributed by atoms with E-state index in [-0.39, 0.29) is 18.0 Å². The zero-order valence-corrected chi connectivity index (χ0v) is 13.6. The predicted molar refractivity (Wildman–Crippen MR) is 91.4 cm³/mol. The summed E-state index contributed by atoms with van der Waals surface area (Å²) in [6.45, 7) is 2.41. The zero-order chi connectivity index (χ0) is 17.1.